The van der Waals surface area contributed by atoms with E-state index in [4.69, 9.17) is 24.4 Å². The lowest BCUT2D eigenvalue weighted by molar-refractivity contribution is 0.524. The number of hydrogen-bond acceptors (Lipinski definition) is 2. The first-order valence-electron chi connectivity index (χ1n) is 6.72. The van der Waals surface area contributed by atoms with Gasteiger partial charge in [0, 0.05) is 12.2 Å². The summed E-state index contributed by atoms with van der Waals surface area (Å²) in [6.07, 6.45) is 4.51. The molecule has 1 heterocycles. The second-order valence-corrected chi connectivity index (χ2v) is 5.38. The van der Waals surface area contributed by atoms with Gasteiger partial charge in [-0.05, 0) is 30.8 Å². The normalized spacial score (nSPS) is 10.7. The Hall–Kier alpha value is -1.33. The second kappa shape index (κ2) is 6.90. The molecule has 2 aromatic rings. The highest BCUT2D eigenvalue weighted by molar-refractivity contribution is 7.72. The molecule has 0 aliphatic heterocycles. The zero-order chi connectivity index (χ0) is 14.5. The molecule has 0 radical (unpaired) electrons. The van der Waals surface area contributed by atoms with E-state index in [0.29, 0.717) is 11.3 Å². The van der Waals surface area contributed by atoms with Crippen LogP contribution < -0.4 is 0 Å². The Bertz CT molecular complexity index is 689. The Morgan fingerprint density at radius 2 is 1.80 bits per heavy atom. The highest BCUT2D eigenvalue weighted by Crippen LogP contribution is 2.13. The summed E-state index contributed by atoms with van der Waals surface area (Å²) in [6, 6.07) is 9.51. The van der Waals surface area contributed by atoms with E-state index in [1.807, 2.05) is 30.3 Å². The fraction of sp³-hybridized carbons (Fsp3) is 0.333. The van der Waals surface area contributed by atoms with Crippen molar-refractivity contribution in [1.82, 2.24) is 9.13 Å². The van der Waals surface area contributed by atoms with Crippen molar-refractivity contribution in [2.75, 3.05) is 0 Å². The molecule has 106 valence electrons. The monoisotopic (exact) mass is 308 g/mol. The molecule has 0 saturated heterocycles. The summed E-state index contributed by atoms with van der Waals surface area (Å²) in [6.45, 7) is 2.79. The van der Waals surface area contributed by atoms with Gasteiger partial charge < -0.3 is 4.57 Å². The number of unbranched alkanes of at least 4 members (excludes halogenated alkanes) is 2. The molecule has 0 aliphatic rings. The molecule has 0 fully saturated rings. The van der Waals surface area contributed by atoms with Crippen molar-refractivity contribution in [3.63, 3.8) is 0 Å². The zero-order valence-corrected chi connectivity index (χ0v) is 13.0. The standard InChI is InChI=1S/C15H17FN2S2/c1-2-3-7-10-17-14(19)13(16)11-18(15(17)20)12-8-5-4-6-9-12/h4-6,8-9,11H,2-3,7,10H2,1H3. The van der Waals surface area contributed by atoms with Crippen molar-refractivity contribution >= 4 is 24.4 Å². The van der Waals surface area contributed by atoms with Gasteiger partial charge in [-0.2, -0.15) is 0 Å². The van der Waals surface area contributed by atoms with Crippen LogP contribution in [-0.2, 0) is 6.54 Å². The van der Waals surface area contributed by atoms with E-state index in [0.717, 1.165) is 24.9 Å². The average molecular weight is 308 g/mol. The van der Waals surface area contributed by atoms with Crippen LogP contribution in [0.3, 0.4) is 0 Å². The summed E-state index contributed by atoms with van der Waals surface area (Å²) in [4.78, 5) is 0. The van der Waals surface area contributed by atoms with Crippen LogP contribution >= 0.6 is 24.4 Å². The lowest BCUT2D eigenvalue weighted by atomic mass is 10.2. The van der Waals surface area contributed by atoms with Crippen molar-refractivity contribution in [1.29, 1.82) is 0 Å². The van der Waals surface area contributed by atoms with Gasteiger partial charge >= 0.3 is 0 Å². The third-order valence-corrected chi connectivity index (χ3v) is 3.98. The van der Waals surface area contributed by atoms with Crippen molar-refractivity contribution in [3.8, 4) is 5.69 Å². The highest BCUT2D eigenvalue weighted by atomic mass is 32.1. The Morgan fingerprint density at radius 1 is 1.10 bits per heavy atom. The molecule has 1 aromatic heterocycles. The van der Waals surface area contributed by atoms with E-state index < -0.39 is 5.82 Å². The quantitative estimate of drug-likeness (QED) is 0.564. The third kappa shape index (κ3) is 3.22. The van der Waals surface area contributed by atoms with E-state index >= 15 is 0 Å². The Balaban J connectivity index is 2.50. The van der Waals surface area contributed by atoms with Gasteiger partial charge in [-0.25, -0.2) is 4.39 Å². The average Bonchev–Trinajstić information content (AvgIpc) is 2.47. The minimum atomic E-state index is -0.408. The minimum absolute atomic E-state index is 0.193. The second-order valence-electron chi connectivity index (χ2n) is 4.63. The molecular weight excluding hydrogens is 291 g/mol. The molecule has 0 N–H and O–H groups in total. The van der Waals surface area contributed by atoms with E-state index in [1.54, 1.807) is 9.13 Å². The van der Waals surface area contributed by atoms with Crippen LogP contribution in [0, 0.1) is 15.2 Å². The molecule has 1 aromatic carbocycles. The van der Waals surface area contributed by atoms with Crippen LogP contribution in [0.15, 0.2) is 36.5 Å². The first-order chi connectivity index (χ1) is 9.65. The van der Waals surface area contributed by atoms with Crippen molar-refractivity contribution in [2.24, 2.45) is 0 Å². The maximum absolute atomic E-state index is 14.0. The van der Waals surface area contributed by atoms with E-state index in [9.17, 15) is 4.39 Å². The topological polar surface area (TPSA) is 9.86 Å². The maximum atomic E-state index is 14.0. The number of aromatic nitrogens is 2. The molecule has 0 amide bonds. The van der Waals surface area contributed by atoms with E-state index in [-0.39, 0.29) is 4.64 Å². The predicted molar refractivity (Wildman–Crippen MR) is 84.9 cm³/mol. The maximum Gasteiger partial charge on any atom is 0.185 e. The molecule has 0 saturated carbocycles. The van der Waals surface area contributed by atoms with Gasteiger partial charge in [0.25, 0.3) is 0 Å². The molecule has 2 nitrogen and oxygen atoms in total. The van der Waals surface area contributed by atoms with Gasteiger partial charge in [0.15, 0.2) is 10.6 Å². The highest BCUT2D eigenvalue weighted by Gasteiger charge is 2.07. The summed E-state index contributed by atoms with van der Waals surface area (Å²) in [5, 5.41) is 0. The number of halogens is 1. The third-order valence-electron chi connectivity index (χ3n) is 3.15. The predicted octanol–water partition coefficient (Wildman–Crippen LogP) is 5.07. The molecule has 0 aliphatic carbocycles. The van der Waals surface area contributed by atoms with E-state index in [2.05, 4.69) is 6.92 Å². The minimum Gasteiger partial charge on any atom is -0.307 e. The van der Waals surface area contributed by atoms with Crippen molar-refractivity contribution < 1.29 is 4.39 Å². The van der Waals surface area contributed by atoms with Gasteiger partial charge in [0.05, 0.1) is 6.20 Å². The molecule has 5 heteroatoms. The number of para-hydroxylation sites is 1. The van der Waals surface area contributed by atoms with Gasteiger partial charge in [0.2, 0.25) is 0 Å². The van der Waals surface area contributed by atoms with Crippen LogP contribution in [0.4, 0.5) is 4.39 Å². The summed E-state index contributed by atoms with van der Waals surface area (Å²) < 4.78 is 18.1. The molecule has 0 spiro atoms. The van der Waals surface area contributed by atoms with Gasteiger partial charge in [-0.3, -0.25) is 4.57 Å². The zero-order valence-electron chi connectivity index (χ0n) is 11.4. The first kappa shape index (κ1) is 15.1. The number of hydrogen-bond donors (Lipinski definition) is 0. The van der Waals surface area contributed by atoms with Crippen LogP contribution in [0.25, 0.3) is 5.69 Å². The largest absolute Gasteiger partial charge is 0.307 e. The van der Waals surface area contributed by atoms with E-state index in [1.165, 1.54) is 6.20 Å². The fourth-order valence-electron chi connectivity index (χ4n) is 2.06. The molecule has 0 unspecified atom stereocenters. The summed E-state index contributed by atoms with van der Waals surface area (Å²) >= 11 is 10.6. The lowest BCUT2D eigenvalue weighted by Gasteiger charge is -2.13. The van der Waals surface area contributed by atoms with Crippen molar-refractivity contribution in [2.45, 2.75) is 32.7 Å². The first-order valence-corrected chi connectivity index (χ1v) is 7.54. The van der Waals surface area contributed by atoms with Gasteiger partial charge in [-0.15, -0.1) is 0 Å². The Kier molecular flexibility index (Phi) is 5.20. The summed E-state index contributed by atoms with van der Waals surface area (Å²) in [7, 11) is 0. The molecule has 0 atom stereocenters. The Labute approximate surface area is 128 Å². The lowest BCUT2D eigenvalue weighted by Crippen LogP contribution is -2.12. The smallest absolute Gasteiger partial charge is 0.185 e. The molecule has 20 heavy (non-hydrogen) atoms. The number of benzene rings is 1. The van der Waals surface area contributed by atoms with Crippen LogP contribution in [0.5, 0.6) is 0 Å². The number of nitrogens with zero attached hydrogens (tertiary/aromatic N) is 2. The summed E-state index contributed by atoms with van der Waals surface area (Å²) in [5.41, 5.74) is 0.843. The van der Waals surface area contributed by atoms with Crippen LogP contribution in [0.2, 0.25) is 0 Å². The molecule has 2 rings (SSSR count). The van der Waals surface area contributed by atoms with Crippen LogP contribution in [-0.4, -0.2) is 9.13 Å². The SMILES string of the molecule is CCCCCn1c(=S)c(F)cn(-c2ccccc2)c1=S. The van der Waals surface area contributed by atoms with Gasteiger partial charge in [0.1, 0.15) is 4.64 Å². The van der Waals surface area contributed by atoms with Crippen molar-refractivity contribution in [3.05, 3.63) is 51.8 Å². The summed E-state index contributed by atoms with van der Waals surface area (Å²) in [5.74, 6) is -0.408. The van der Waals surface area contributed by atoms with Crippen LogP contribution in [0.1, 0.15) is 26.2 Å². The Morgan fingerprint density at radius 3 is 2.45 bits per heavy atom. The molecular formula is C15H17FN2S2. The van der Waals surface area contributed by atoms with Gasteiger partial charge in [-0.1, -0.05) is 50.2 Å². The number of rotatable bonds is 5. The molecule has 0 bridgehead atoms. The fourth-order valence-corrected chi connectivity index (χ4v) is 2.69.